The van der Waals surface area contributed by atoms with Gasteiger partial charge in [-0.05, 0) is 44.5 Å². The summed E-state index contributed by atoms with van der Waals surface area (Å²) in [7, 11) is 0. The van der Waals surface area contributed by atoms with E-state index in [9.17, 15) is 18.0 Å². The Bertz CT molecular complexity index is 1500. The van der Waals surface area contributed by atoms with Crippen molar-refractivity contribution in [3.63, 3.8) is 0 Å². The number of hydrogen-bond acceptors (Lipinski definition) is 4. The third-order valence-electron chi connectivity index (χ3n) is 6.12. The molecule has 0 atom stereocenters. The zero-order valence-electron chi connectivity index (χ0n) is 20.1. The second-order valence-electron chi connectivity index (χ2n) is 9.09. The molecule has 0 N–H and O–H groups in total. The van der Waals surface area contributed by atoms with E-state index in [1.807, 2.05) is 13.8 Å². The average molecular weight is 536 g/mol. The number of halogens is 5. The number of anilines is 1. The molecule has 1 aromatic carbocycles. The molecule has 0 fully saturated rings. The molecule has 1 aliphatic rings. The molecule has 0 spiro atoms. The van der Waals surface area contributed by atoms with Crippen molar-refractivity contribution >= 4 is 23.3 Å². The van der Waals surface area contributed by atoms with Crippen LogP contribution >= 0.6 is 11.6 Å². The van der Waals surface area contributed by atoms with E-state index in [1.54, 1.807) is 27.7 Å². The first-order chi connectivity index (χ1) is 17.4. The van der Waals surface area contributed by atoms with E-state index in [0.717, 1.165) is 10.7 Å². The molecule has 0 aliphatic carbocycles. The summed E-state index contributed by atoms with van der Waals surface area (Å²) in [5.41, 5.74) is 0.565. The molecule has 8 nitrogen and oxygen atoms in total. The lowest BCUT2D eigenvalue weighted by molar-refractivity contribution is -0.141. The summed E-state index contributed by atoms with van der Waals surface area (Å²) in [5.74, 6) is -0.394. The predicted molar refractivity (Wildman–Crippen MR) is 128 cm³/mol. The molecule has 1 aliphatic heterocycles. The zero-order chi connectivity index (χ0) is 26.6. The molecule has 13 heteroatoms. The van der Waals surface area contributed by atoms with E-state index in [2.05, 4.69) is 15.3 Å². The molecule has 194 valence electrons. The van der Waals surface area contributed by atoms with Crippen LogP contribution in [0.1, 0.15) is 43.3 Å². The molecular formula is C24H22ClF4N7O. The summed E-state index contributed by atoms with van der Waals surface area (Å²) in [6, 6.07) is 6.73. The van der Waals surface area contributed by atoms with Crippen molar-refractivity contribution in [3.8, 4) is 17.1 Å². The first kappa shape index (κ1) is 25.0. The third kappa shape index (κ3) is 4.50. The van der Waals surface area contributed by atoms with Gasteiger partial charge in [-0.25, -0.2) is 13.8 Å². The number of amides is 1. The lowest BCUT2D eigenvalue weighted by Gasteiger charge is -2.27. The molecule has 1 amide bonds. The minimum atomic E-state index is -4.64. The smallest absolute Gasteiger partial charge is 0.292 e. The summed E-state index contributed by atoms with van der Waals surface area (Å²) < 4.78 is 58.5. The van der Waals surface area contributed by atoms with Crippen molar-refractivity contribution in [2.75, 3.05) is 4.90 Å². The van der Waals surface area contributed by atoms with Gasteiger partial charge in [0, 0.05) is 24.2 Å². The largest absolute Gasteiger partial charge is 0.435 e. The van der Waals surface area contributed by atoms with Gasteiger partial charge in [0.05, 0.1) is 24.3 Å². The van der Waals surface area contributed by atoms with Gasteiger partial charge in [0.25, 0.3) is 0 Å². The van der Waals surface area contributed by atoms with Crippen LogP contribution in [0, 0.1) is 12.7 Å². The van der Waals surface area contributed by atoms with Crippen LogP contribution in [0.25, 0.3) is 17.1 Å². The molecule has 0 saturated heterocycles. The van der Waals surface area contributed by atoms with E-state index < -0.39 is 17.7 Å². The lowest BCUT2D eigenvalue weighted by atomic mass is 10.1. The van der Waals surface area contributed by atoms with Gasteiger partial charge < -0.3 is 0 Å². The first-order valence-corrected chi connectivity index (χ1v) is 11.9. The molecule has 0 bridgehead atoms. The summed E-state index contributed by atoms with van der Waals surface area (Å²) >= 11 is 6.38. The molecule has 5 rings (SSSR count). The van der Waals surface area contributed by atoms with Gasteiger partial charge in [-0.15, -0.1) is 0 Å². The topological polar surface area (TPSA) is 73.8 Å². The van der Waals surface area contributed by atoms with Crippen LogP contribution in [0.15, 0.2) is 36.5 Å². The number of carbonyl (C=O) groups is 1. The number of aryl methyl sites for hydroxylation is 2. The number of alkyl halides is 3. The number of nitrogens with zero attached hydrogens (tertiary/aromatic N) is 7. The van der Waals surface area contributed by atoms with Crippen LogP contribution in [-0.4, -0.2) is 35.2 Å². The number of hydrogen-bond donors (Lipinski definition) is 0. The minimum absolute atomic E-state index is 0.0334. The van der Waals surface area contributed by atoms with Gasteiger partial charge >= 0.3 is 6.18 Å². The van der Waals surface area contributed by atoms with E-state index in [-0.39, 0.29) is 36.3 Å². The van der Waals surface area contributed by atoms with E-state index in [4.69, 9.17) is 11.6 Å². The fourth-order valence-corrected chi connectivity index (χ4v) is 4.60. The SMILES string of the molecule is Cc1cc(C(F)(F)F)nn1-c1ccc(CN2C(=O)CCn3nc(-c4c(Cl)cnn4C(C)C)cc32)cc1F. The monoisotopic (exact) mass is 535 g/mol. The molecule has 4 aromatic rings. The second kappa shape index (κ2) is 9.02. The van der Waals surface area contributed by atoms with E-state index in [1.165, 1.54) is 24.0 Å². The summed E-state index contributed by atoms with van der Waals surface area (Å²) in [6.07, 6.45) is -2.89. The van der Waals surface area contributed by atoms with Crippen LogP contribution in [0.4, 0.5) is 23.4 Å². The fraction of sp³-hybridized carbons (Fsp3) is 0.333. The Balaban J connectivity index is 1.46. The van der Waals surface area contributed by atoms with E-state index in [0.29, 0.717) is 34.3 Å². The van der Waals surface area contributed by atoms with Crippen molar-refractivity contribution in [3.05, 3.63) is 64.3 Å². The van der Waals surface area contributed by atoms with Gasteiger partial charge in [-0.3, -0.25) is 14.4 Å². The standard InChI is InChI=1S/C24H22ClF4N7O/c1-13(2)35-23(16(25)11-30-35)18-10-21-33(22(37)6-7-34(21)31-18)12-15-4-5-19(17(26)9-15)36-14(3)8-20(32-36)24(27,28)29/h4-5,8-11,13H,6-7,12H2,1-3H3. The summed E-state index contributed by atoms with van der Waals surface area (Å²) in [4.78, 5) is 14.3. The molecule has 0 radical (unpaired) electrons. The van der Waals surface area contributed by atoms with Crippen molar-refractivity contribution < 1.29 is 22.4 Å². The van der Waals surface area contributed by atoms with Crippen molar-refractivity contribution in [1.82, 2.24) is 29.3 Å². The maximum atomic E-state index is 15.0. The Hall–Kier alpha value is -3.67. The van der Waals surface area contributed by atoms with Crippen LogP contribution in [0.2, 0.25) is 5.02 Å². The van der Waals surface area contributed by atoms with Crippen LogP contribution in [0.3, 0.4) is 0 Å². The molecule has 0 saturated carbocycles. The second-order valence-corrected chi connectivity index (χ2v) is 9.49. The third-order valence-corrected chi connectivity index (χ3v) is 6.39. The maximum Gasteiger partial charge on any atom is 0.435 e. The first-order valence-electron chi connectivity index (χ1n) is 11.5. The number of fused-ring (bicyclic) bond motifs is 1. The van der Waals surface area contributed by atoms with Gasteiger partial charge in [0.15, 0.2) is 5.69 Å². The number of benzene rings is 1. The summed E-state index contributed by atoms with van der Waals surface area (Å²) in [5, 5.41) is 12.9. The van der Waals surface area contributed by atoms with Crippen LogP contribution < -0.4 is 4.90 Å². The minimum Gasteiger partial charge on any atom is -0.292 e. The highest BCUT2D eigenvalue weighted by Gasteiger charge is 2.35. The number of carbonyl (C=O) groups excluding carboxylic acids is 1. The predicted octanol–water partition coefficient (Wildman–Crippen LogP) is 5.57. The van der Waals surface area contributed by atoms with Gasteiger partial charge in [-0.2, -0.15) is 28.5 Å². The van der Waals surface area contributed by atoms with Crippen LogP contribution in [-0.2, 0) is 24.1 Å². The Morgan fingerprint density at radius 2 is 1.89 bits per heavy atom. The highest BCUT2D eigenvalue weighted by molar-refractivity contribution is 6.33. The maximum absolute atomic E-state index is 15.0. The Labute approximate surface area is 214 Å². The van der Waals surface area contributed by atoms with Gasteiger partial charge in [0.1, 0.15) is 28.7 Å². The molecule has 0 unspecified atom stereocenters. The molecule has 37 heavy (non-hydrogen) atoms. The highest BCUT2D eigenvalue weighted by atomic mass is 35.5. The Morgan fingerprint density at radius 3 is 2.54 bits per heavy atom. The summed E-state index contributed by atoms with van der Waals surface area (Å²) in [6.45, 7) is 5.77. The van der Waals surface area contributed by atoms with Gasteiger partial charge in [0.2, 0.25) is 5.91 Å². The Morgan fingerprint density at radius 1 is 1.14 bits per heavy atom. The lowest BCUT2D eigenvalue weighted by Crippen LogP contribution is -2.37. The zero-order valence-corrected chi connectivity index (χ0v) is 20.8. The van der Waals surface area contributed by atoms with E-state index >= 15 is 4.39 Å². The average Bonchev–Trinajstić information content (AvgIpc) is 3.52. The quantitative estimate of drug-likeness (QED) is 0.313. The van der Waals surface area contributed by atoms with Gasteiger partial charge in [-0.1, -0.05) is 17.7 Å². The number of aromatic nitrogens is 6. The Kier molecular flexibility index (Phi) is 6.09. The molecule has 3 aromatic heterocycles. The highest BCUT2D eigenvalue weighted by Crippen LogP contribution is 2.34. The number of rotatable bonds is 5. The van der Waals surface area contributed by atoms with Crippen molar-refractivity contribution in [1.29, 1.82) is 0 Å². The van der Waals surface area contributed by atoms with Crippen LogP contribution in [0.5, 0.6) is 0 Å². The fourth-order valence-electron chi connectivity index (χ4n) is 4.37. The van der Waals surface area contributed by atoms with Crippen molar-refractivity contribution in [2.24, 2.45) is 0 Å². The van der Waals surface area contributed by atoms with Crippen molar-refractivity contribution in [2.45, 2.75) is 52.5 Å². The molecule has 4 heterocycles. The normalized spacial score (nSPS) is 14.1. The molecular weight excluding hydrogens is 514 g/mol.